The number of halogens is 2. The van der Waals surface area contributed by atoms with Gasteiger partial charge in [0.25, 0.3) is 5.78 Å². The predicted molar refractivity (Wildman–Crippen MR) is 125 cm³/mol. The van der Waals surface area contributed by atoms with Crippen LogP contribution in [-0.4, -0.2) is 54.9 Å². The van der Waals surface area contributed by atoms with Crippen LogP contribution in [0.15, 0.2) is 46.9 Å². The van der Waals surface area contributed by atoms with E-state index < -0.39 is 5.82 Å². The molecule has 0 unspecified atom stereocenters. The van der Waals surface area contributed by atoms with E-state index >= 15 is 0 Å². The smallest absolute Gasteiger partial charge is 0.275 e. The number of nitrogens with one attached hydrogen (secondary N) is 1. The Morgan fingerprint density at radius 3 is 2.86 bits per heavy atom. The first-order valence-corrected chi connectivity index (χ1v) is 11.4. The minimum atomic E-state index is -0.517. The van der Waals surface area contributed by atoms with Gasteiger partial charge in [0.1, 0.15) is 12.1 Å². The van der Waals surface area contributed by atoms with Crippen molar-refractivity contribution < 1.29 is 23.5 Å². The van der Waals surface area contributed by atoms with Crippen LogP contribution >= 0.6 is 23.4 Å². The number of ketones is 1. The highest BCUT2D eigenvalue weighted by Gasteiger charge is 2.21. The Bertz CT molecular complexity index is 1480. The predicted octanol–water partition coefficient (Wildman–Crippen LogP) is 3.26. The number of aromatic nitrogens is 5. The SMILES string of the molecule is CC(=O)c1cc2c(cc1NC(=O)CSc1nnc3n(/N=C/c4c(F)cccc4Cl)cnn13)OCO2. The van der Waals surface area contributed by atoms with E-state index in [0.717, 1.165) is 11.8 Å². The van der Waals surface area contributed by atoms with E-state index in [1.165, 1.54) is 46.9 Å². The second-order valence-electron chi connectivity index (χ2n) is 7.19. The van der Waals surface area contributed by atoms with Gasteiger partial charge < -0.3 is 14.8 Å². The first-order chi connectivity index (χ1) is 16.9. The van der Waals surface area contributed by atoms with E-state index in [9.17, 15) is 14.0 Å². The zero-order chi connectivity index (χ0) is 24.5. The molecule has 11 nitrogen and oxygen atoms in total. The molecule has 1 aliphatic heterocycles. The number of anilines is 1. The maximum atomic E-state index is 14.0. The summed E-state index contributed by atoms with van der Waals surface area (Å²) in [5.74, 6) is -0.00684. The number of amides is 1. The zero-order valence-electron chi connectivity index (χ0n) is 17.9. The fourth-order valence-electron chi connectivity index (χ4n) is 3.23. The lowest BCUT2D eigenvalue weighted by molar-refractivity contribution is -0.113. The highest BCUT2D eigenvalue weighted by Crippen LogP contribution is 2.37. The molecule has 3 heterocycles. The summed E-state index contributed by atoms with van der Waals surface area (Å²) in [7, 11) is 0. The van der Waals surface area contributed by atoms with Crippen molar-refractivity contribution in [1.29, 1.82) is 0 Å². The van der Waals surface area contributed by atoms with E-state index in [2.05, 4.69) is 25.7 Å². The molecule has 14 heteroatoms. The van der Waals surface area contributed by atoms with Crippen LogP contribution in [0.2, 0.25) is 5.02 Å². The normalized spacial score (nSPS) is 12.5. The molecule has 1 aliphatic rings. The Labute approximate surface area is 205 Å². The molecular weight excluding hydrogens is 501 g/mol. The van der Waals surface area contributed by atoms with Crippen LogP contribution in [-0.2, 0) is 4.79 Å². The van der Waals surface area contributed by atoms with Gasteiger partial charge in [-0.25, -0.2) is 4.39 Å². The number of carbonyl (C=O) groups is 2. The molecule has 0 aliphatic carbocycles. The van der Waals surface area contributed by atoms with Crippen LogP contribution in [0.25, 0.3) is 5.78 Å². The number of hydrogen-bond donors (Lipinski definition) is 1. The van der Waals surface area contributed by atoms with E-state index in [0.29, 0.717) is 27.9 Å². The van der Waals surface area contributed by atoms with E-state index in [1.54, 1.807) is 12.1 Å². The summed E-state index contributed by atoms with van der Waals surface area (Å²) >= 11 is 7.10. The van der Waals surface area contributed by atoms with Crippen molar-refractivity contribution >= 4 is 52.7 Å². The molecule has 0 fully saturated rings. The van der Waals surface area contributed by atoms with Gasteiger partial charge in [0.2, 0.25) is 17.9 Å². The number of hydrogen-bond acceptors (Lipinski definition) is 9. The first-order valence-electron chi connectivity index (χ1n) is 10.0. The minimum absolute atomic E-state index is 0.0342. The fourth-order valence-corrected chi connectivity index (χ4v) is 4.13. The van der Waals surface area contributed by atoms with Gasteiger partial charge in [-0.15, -0.1) is 10.2 Å². The maximum absolute atomic E-state index is 14.0. The molecular formula is C21H15ClFN7O4S. The number of rotatable bonds is 7. The van der Waals surface area contributed by atoms with Crippen molar-refractivity contribution in [2.45, 2.75) is 12.1 Å². The van der Waals surface area contributed by atoms with Gasteiger partial charge in [-0.1, -0.05) is 29.4 Å². The highest BCUT2D eigenvalue weighted by molar-refractivity contribution is 7.99. The number of nitrogens with zero attached hydrogens (tertiary/aromatic N) is 6. The highest BCUT2D eigenvalue weighted by atomic mass is 35.5. The van der Waals surface area contributed by atoms with Gasteiger partial charge in [0.15, 0.2) is 17.3 Å². The molecule has 4 aromatic rings. The fraction of sp³-hybridized carbons (Fsp3) is 0.143. The van der Waals surface area contributed by atoms with Crippen molar-refractivity contribution in [1.82, 2.24) is 24.5 Å². The summed E-state index contributed by atoms with van der Waals surface area (Å²) < 4.78 is 27.3. The third kappa shape index (κ3) is 4.55. The van der Waals surface area contributed by atoms with Gasteiger partial charge in [-0.3, -0.25) is 9.59 Å². The molecule has 0 spiro atoms. The summed E-state index contributed by atoms with van der Waals surface area (Å²) in [5, 5.41) is 19.6. The Morgan fingerprint density at radius 1 is 1.29 bits per heavy atom. The molecule has 0 saturated carbocycles. The molecule has 178 valence electrons. The molecule has 1 N–H and O–H groups in total. The monoisotopic (exact) mass is 515 g/mol. The number of fused-ring (bicyclic) bond motifs is 2. The Morgan fingerprint density at radius 2 is 2.09 bits per heavy atom. The second kappa shape index (κ2) is 9.35. The molecule has 35 heavy (non-hydrogen) atoms. The van der Waals surface area contributed by atoms with Crippen LogP contribution in [0.5, 0.6) is 11.5 Å². The quantitative estimate of drug-likeness (QED) is 0.226. The maximum Gasteiger partial charge on any atom is 0.275 e. The van der Waals surface area contributed by atoms with Gasteiger partial charge >= 0.3 is 0 Å². The van der Waals surface area contributed by atoms with Gasteiger partial charge in [0, 0.05) is 17.2 Å². The number of benzene rings is 2. The number of Topliss-reactive ketones (excluding diaryl/α,β-unsaturated/α-hetero) is 1. The van der Waals surface area contributed by atoms with Crippen molar-refractivity contribution in [3.05, 3.63) is 58.6 Å². The molecule has 2 aromatic heterocycles. The Hall–Kier alpha value is -3.97. The molecule has 0 radical (unpaired) electrons. The van der Waals surface area contributed by atoms with Crippen LogP contribution in [0, 0.1) is 5.82 Å². The van der Waals surface area contributed by atoms with E-state index in [4.69, 9.17) is 21.1 Å². The van der Waals surface area contributed by atoms with Crippen molar-refractivity contribution in [3.63, 3.8) is 0 Å². The third-order valence-electron chi connectivity index (χ3n) is 4.89. The number of carbonyl (C=O) groups excluding carboxylic acids is 2. The van der Waals surface area contributed by atoms with Crippen LogP contribution in [0.4, 0.5) is 10.1 Å². The lowest BCUT2D eigenvalue weighted by atomic mass is 10.1. The molecule has 0 bridgehead atoms. The molecule has 5 rings (SSSR count). The molecule has 0 atom stereocenters. The molecule has 1 amide bonds. The number of ether oxygens (including phenoxy) is 2. The van der Waals surface area contributed by atoms with E-state index in [-0.39, 0.29) is 40.6 Å². The van der Waals surface area contributed by atoms with Crippen LogP contribution in [0.1, 0.15) is 22.8 Å². The largest absolute Gasteiger partial charge is 0.454 e. The van der Waals surface area contributed by atoms with Gasteiger partial charge in [-0.05, 0) is 25.1 Å². The molecule has 2 aromatic carbocycles. The topological polar surface area (TPSA) is 125 Å². The first kappa shape index (κ1) is 22.8. The standard InChI is InChI=1S/C21H15ClFN7O4S/c1-11(31)12-5-17-18(34-10-33-17)6-16(12)26-19(32)8-35-21-28-27-20-29(9-25-30(20)21)24-7-13-14(22)3-2-4-15(13)23/h2-7,9H,8,10H2,1H3,(H,26,32)/b24-7+. The Kier molecular flexibility index (Phi) is 6.09. The van der Waals surface area contributed by atoms with Crippen molar-refractivity contribution in [2.75, 3.05) is 17.9 Å². The average molecular weight is 516 g/mol. The summed E-state index contributed by atoms with van der Waals surface area (Å²) in [5.41, 5.74) is 0.758. The lowest BCUT2D eigenvalue weighted by Crippen LogP contribution is -2.16. The minimum Gasteiger partial charge on any atom is -0.454 e. The van der Waals surface area contributed by atoms with Crippen LogP contribution in [0.3, 0.4) is 0 Å². The third-order valence-corrected chi connectivity index (χ3v) is 6.14. The summed E-state index contributed by atoms with van der Waals surface area (Å²) in [6.45, 7) is 1.45. The van der Waals surface area contributed by atoms with Gasteiger partial charge in [-0.2, -0.15) is 19.4 Å². The number of thioether (sulfide) groups is 1. The summed E-state index contributed by atoms with van der Waals surface area (Å²) in [6.07, 6.45) is 2.62. The lowest BCUT2D eigenvalue weighted by Gasteiger charge is -2.10. The van der Waals surface area contributed by atoms with Crippen LogP contribution < -0.4 is 14.8 Å². The van der Waals surface area contributed by atoms with Crippen molar-refractivity contribution in [3.8, 4) is 11.5 Å². The van der Waals surface area contributed by atoms with Gasteiger partial charge in [0.05, 0.1) is 22.7 Å². The zero-order valence-corrected chi connectivity index (χ0v) is 19.5. The molecule has 0 saturated heterocycles. The summed E-state index contributed by atoms with van der Waals surface area (Å²) in [4.78, 5) is 24.6. The van der Waals surface area contributed by atoms with Crippen molar-refractivity contribution in [2.24, 2.45) is 5.10 Å². The summed E-state index contributed by atoms with van der Waals surface area (Å²) in [6, 6.07) is 7.41. The second-order valence-corrected chi connectivity index (χ2v) is 8.54. The average Bonchev–Trinajstić information content (AvgIpc) is 3.54. The Balaban J connectivity index is 1.28. The van der Waals surface area contributed by atoms with E-state index in [1.807, 2.05) is 0 Å².